The van der Waals surface area contributed by atoms with E-state index >= 15 is 0 Å². The van der Waals surface area contributed by atoms with Gasteiger partial charge >= 0.3 is 5.97 Å². The van der Waals surface area contributed by atoms with Gasteiger partial charge in [0.25, 0.3) is 5.91 Å². The third kappa shape index (κ3) is 4.60. The molecular weight excluding hydrogens is 382 g/mol. The number of hydrogen-bond donors (Lipinski definition) is 2. The van der Waals surface area contributed by atoms with Crippen molar-refractivity contribution in [3.63, 3.8) is 0 Å². The van der Waals surface area contributed by atoms with Crippen LogP contribution in [-0.4, -0.2) is 24.1 Å². The first-order valence-electron chi connectivity index (χ1n) is 9.40. The Balaban J connectivity index is 1.92. The fraction of sp³-hybridized carbons (Fsp3) is 0.167. The highest BCUT2D eigenvalue weighted by Gasteiger charge is 2.27. The second-order valence-electron chi connectivity index (χ2n) is 6.86. The van der Waals surface area contributed by atoms with Gasteiger partial charge in [-0.1, -0.05) is 48.5 Å². The lowest BCUT2D eigenvalue weighted by molar-refractivity contribution is -0.125. The van der Waals surface area contributed by atoms with E-state index in [2.05, 4.69) is 5.32 Å². The van der Waals surface area contributed by atoms with Crippen LogP contribution in [0.1, 0.15) is 33.2 Å². The minimum Gasteiger partial charge on any atom is -0.507 e. The molecule has 1 amide bonds. The highest BCUT2D eigenvalue weighted by Crippen LogP contribution is 2.29. The summed E-state index contributed by atoms with van der Waals surface area (Å²) in [5.41, 5.74) is 2.44. The summed E-state index contributed by atoms with van der Waals surface area (Å²) >= 11 is 0. The number of carbonyl (C=O) groups excluding carboxylic acids is 2. The van der Waals surface area contributed by atoms with E-state index in [4.69, 9.17) is 9.47 Å². The summed E-state index contributed by atoms with van der Waals surface area (Å²) in [6.07, 6.45) is -1.22. The number of benzene rings is 3. The third-order valence-electron chi connectivity index (χ3n) is 4.64. The second-order valence-corrected chi connectivity index (χ2v) is 6.86. The predicted molar refractivity (Wildman–Crippen MR) is 114 cm³/mol. The molecule has 0 unspecified atom stereocenters. The van der Waals surface area contributed by atoms with Gasteiger partial charge in [0, 0.05) is 5.56 Å². The SMILES string of the molecule is COc1ccc(C)cc1NC(=O)[C@@H](OC(=O)c1cccc(C)c1O)c1ccccc1. The summed E-state index contributed by atoms with van der Waals surface area (Å²) in [5, 5.41) is 13.0. The van der Waals surface area contributed by atoms with Gasteiger partial charge in [-0.2, -0.15) is 0 Å². The molecule has 3 rings (SSSR count). The number of methoxy groups -OCH3 is 1. The number of aryl methyl sites for hydroxylation is 2. The van der Waals surface area contributed by atoms with Gasteiger partial charge in [0.2, 0.25) is 6.10 Å². The molecule has 0 spiro atoms. The Bertz CT molecular complexity index is 1060. The first kappa shape index (κ1) is 20.9. The Morgan fingerprint density at radius 2 is 1.70 bits per heavy atom. The summed E-state index contributed by atoms with van der Waals surface area (Å²) in [5.74, 6) is -1.01. The molecular formula is C24H23NO5. The van der Waals surface area contributed by atoms with Crippen LogP contribution in [0.3, 0.4) is 0 Å². The van der Waals surface area contributed by atoms with Crippen LogP contribution >= 0.6 is 0 Å². The Morgan fingerprint density at radius 3 is 2.40 bits per heavy atom. The quantitative estimate of drug-likeness (QED) is 0.588. The fourth-order valence-electron chi connectivity index (χ4n) is 3.01. The van der Waals surface area contributed by atoms with E-state index in [0.29, 0.717) is 22.6 Å². The zero-order valence-corrected chi connectivity index (χ0v) is 17.0. The lowest BCUT2D eigenvalue weighted by Crippen LogP contribution is -2.26. The molecule has 2 N–H and O–H groups in total. The van der Waals surface area contributed by atoms with Crippen molar-refractivity contribution in [3.8, 4) is 11.5 Å². The molecule has 30 heavy (non-hydrogen) atoms. The van der Waals surface area contributed by atoms with Crippen LogP contribution < -0.4 is 10.1 Å². The number of rotatable bonds is 6. The molecule has 0 fully saturated rings. The first-order chi connectivity index (χ1) is 14.4. The van der Waals surface area contributed by atoms with Crippen molar-refractivity contribution in [1.82, 2.24) is 0 Å². The Morgan fingerprint density at radius 1 is 0.967 bits per heavy atom. The first-order valence-corrected chi connectivity index (χ1v) is 9.40. The van der Waals surface area contributed by atoms with E-state index in [1.807, 2.05) is 13.0 Å². The van der Waals surface area contributed by atoms with Gasteiger partial charge in [0.05, 0.1) is 12.8 Å². The molecule has 154 valence electrons. The van der Waals surface area contributed by atoms with E-state index in [0.717, 1.165) is 5.56 Å². The van der Waals surface area contributed by atoms with Crippen molar-refractivity contribution >= 4 is 17.6 Å². The highest BCUT2D eigenvalue weighted by atomic mass is 16.5. The maximum atomic E-state index is 13.1. The number of anilines is 1. The largest absolute Gasteiger partial charge is 0.507 e. The van der Waals surface area contributed by atoms with Crippen molar-refractivity contribution in [2.24, 2.45) is 0 Å². The zero-order chi connectivity index (χ0) is 21.7. The van der Waals surface area contributed by atoms with Crippen LogP contribution in [0.4, 0.5) is 5.69 Å². The molecule has 6 heteroatoms. The van der Waals surface area contributed by atoms with Gasteiger partial charge in [-0.25, -0.2) is 4.79 Å². The molecule has 0 radical (unpaired) electrons. The maximum absolute atomic E-state index is 13.1. The van der Waals surface area contributed by atoms with Crippen LogP contribution in [0, 0.1) is 13.8 Å². The molecule has 1 atom stereocenters. The number of hydrogen-bond acceptors (Lipinski definition) is 5. The van der Waals surface area contributed by atoms with Crippen molar-refractivity contribution in [2.75, 3.05) is 12.4 Å². The number of phenols is 1. The Hall–Kier alpha value is -3.80. The summed E-state index contributed by atoms with van der Waals surface area (Å²) in [6, 6.07) is 18.8. The monoisotopic (exact) mass is 405 g/mol. The van der Waals surface area contributed by atoms with Gasteiger partial charge in [-0.3, -0.25) is 4.79 Å². The number of ether oxygens (including phenoxy) is 2. The molecule has 0 saturated carbocycles. The van der Waals surface area contributed by atoms with E-state index in [-0.39, 0.29) is 11.3 Å². The molecule has 0 bridgehead atoms. The molecule has 0 heterocycles. The van der Waals surface area contributed by atoms with Gasteiger partial charge < -0.3 is 19.9 Å². The van der Waals surface area contributed by atoms with Crippen LogP contribution in [0.25, 0.3) is 0 Å². The van der Waals surface area contributed by atoms with E-state index in [1.165, 1.54) is 13.2 Å². The third-order valence-corrected chi connectivity index (χ3v) is 4.64. The van der Waals surface area contributed by atoms with Crippen molar-refractivity contribution in [3.05, 3.63) is 89.0 Å². The molecule has 0 aliphatic carbocycles. The molecule has 0 aliphatic rings. The second kappa shape index (κ2) is 9.13. The zero-order valence-electron chi connectivity index (χ0n) is 17.0. The molecule has 3 aromatic rings. The minimum absolute atomic E-state index is 0.00290. The number of carbonyl (C=O) groups is 2. The standard InChI is InChI=1S/C24H23NO5/c1-15-12-13-20(29-3)19(14-15)25-23(27)22(17-9-5-4-6-10-17)30-24(28)18-11-7-8-16(2)21(18)26/h4-14,22,26H,1-3H3,(H,25,27)/t22-/m0/s1. The van der Waals surface area contributed by atoms with Gasteiger partial charge in [-0.15, -0.1) is 0 Å². The number of esters is 1. The normalized spacial score (nSPS) is 11.4. The number of phenolic OH excluding ortho intramolecular Hbond substituents is 1. The maximum Gasteiger partial charge on any atom is 0.343 e. The number of aromatic hydroxyl groups is 1. The van der Waals surface area contributed by atoms with Crippen LogP contribution in [-0.2, 0) is 9.53 Å². The van der Waals surface area contributed by atoms with E-state index in [1.54, 1.807) is 61.5 Å². The molecule has 0 saturated heterocycles. The topological polar surface area (TPSA) is 84.9 Å². The lowest BCUT2D eigenvalue weighted by atomic mass is 10.1. The Labute approximate surface area is 175 Å². The predicted octanol–water partition coefficient (Wildman–Crippen LogP) is 4.55. The van der Waals surface area contributed by atoms with Crippen LogP contribution in [0.15, 0.2) is 66.7 Å². The van der Waals surface area contributed by atoms with E-state index in [9.17, 15) is 14.7 Å². The van der Waals surface area contributed by atoms with Gasteiger partial charge in [0.15, 0.2) is 0 Å². The average Bonchev–Trinajstić information content (AvgIpc) is 2.74. The van der Waals surface area contributed by atoms with Crippen molar-refractivity contribution in [2.45, 2.75) is 20.0 Å². The minimum atomic E-state index is -1.22. The summed E-state index contributed by atoms with van der Waals surface area (Å²) in [4.78, 5) is 25.9. The molecule has 0 aliphatic heterocycles. The average molecular weight is 405 g/mol. The van der Waals surface area contributed by atoms with Crippen molar-refractivity contribution in [1.29, 1.82) is 0 Å². The van der Waals surface area contributed by atoms with E-state index < -0.39 is 18.0 Å². The van der Waals surface area contributed by atoms with Gasteiger partial charge in [-0.05, 0) is 43.2 Å². The fourth-order valence-corrected chi connectivity index (χ4v) is 3.01. The smallest absolute Gasteiger partial charge is 0.343 e. The Kier molecular flexibility index (Phi) is 6.37. The lowest BCUT2D eigenvalue weighted by Gasteiger charge is -2.19. The summed E-state index contributed by atoms with van der Waals surface area (Å²) in [7, 11) is 1.51. The highest BCUT2D eigenvalue weighted by molar-refractivity contribution is 5.99. The van der Waals surface area contributed by atoms with Crippen molar-refractivity contribution < 1.29 is 24.2 Å². The number of amides is 1. The number of nitrogens with one attached hydrogen (secondary N) is 1. The molecule has 0 aromatic heterocycles. The van der Waals surface area contributed by atoms with Crippen LogP contribution in [0.2, 0.25) is 0 Å². The molecule has 6 nitrogen and oxygen atoms in total. The van der Waals surface area contributed by atoms with Crippen LogP contribution in [0.5, 0.6) is 11.5 Å². The number of para-hydroxylation sites is 1. The summed E-state index contributed by atoms with van der Waals surface area (Å²) < 4.78 is 10.9. The summed E-state index contributed by atoms with van der Waals surface area (Å²) in [6.45, 7) is 3.57. The van der Waals surface area contributed by atoms with Gasteiger partial charge in [0.1, 0.15) is 17.1 Å². The molecule has 3 aromatic carbocycles.